The summed E-state index contributed by atoms with van der Waals surface area (Å²) >= 11 is 0. The van der Waals surface area contributed by atoms with Crippen LogP contribution in [0.4, 0.5) is 0 Å². The van der Waals surface area contributed by atoms with Crippen LogP contribution in [0, 0.1) is 0 Å². The van der Waals surface area contributed by atoms with E-state index in [1.807, 2.05) is 36.4 Å². The molecule has 0 saturated heterocycles. The van der Waals surface area contributed by atoms with Crippen molar-refractivity contribution in [1.82, 2.24) is 9.97 Å². The molecule has 0 N–H and O–H groups in total. The Bertz CT molecular complexity index is 613. The topological polar surface area (TPSA) is 42.9 Å². The number of carbonyl (C=O) groups is 1. The first-order valence-corrected chi connectivity index (χ1v) is 6.59. The minimum absolute atomic E-state index is 0.152. The molecule has 1 aliphatic carbocycles. The van der Waals surface area contributed by atoms with Crippen molar-refractivity contribution in [3.05, 3.63) is 71.3 Å². The van der Waals surface area contributed by atoms with E-state index < -0.39 is 0 Å². The fourth-order valence-electron chi connectivity index (χ4n) is 2.30. The van der Waals surface area contributed by atoms with Crippen LogP contribution in [0.5, 0.6) is 0 Å². The first-order chi connectivity index (χ1) is 9.83. The number of nitrogens with zero attached hydrogens (tertiary/aromatic N) is 2. The molecule has 3 nitrogen and oxygen atoms in total. The molecular weight excluding hydrogens is 248 g/mol. The van der Waals surface area contributed by atoms with Gasteiger partial charge in [-0.1, -0.05) is 0 Å². The lowest BCUT2D eigenvalue weighted by atomic mass is 10.1. The van der Waals surface area contributed by atoms with E-state index in [2.05, 4.69) is 9.97 Å². The second kappa shape index (κ2) is 5.61. The molecule has 0 amide bonds. The van der Waals surface area contributed by atoms with Gasteiger partial charge in [-0.05, 0) is 60.4 Å². The predicted molar refractivity (Wildman–Crippen MR) is 78.7 cm³/mol. The van der Waals surface area contributed by atoms with E-state index in [1.54, 1.807) is 24.8 Å². The van der Waals surface area contributed by atoms with Crippen molar-refractivity contribution in [1.29, 1.82) is 0 Å². The SMILES string of the molecule is O=C1/C(=C/c2ccncc2)CC/C1=C\c1ccncc1. The Morgan fingerprint density at radius 3 is 1.55 bits per heavy atom. The molecule has 3 heteroatoms. The maximum atomic E-state index is 12.3. The van der Waals surface area contributed by atoms with Crippen LogP contribution in [-0.4, -0.2) is 15.8 Å². The highest BCUT2D eigenvalue weighted by Gasteiger charge is 2.22. The van der Waals surface area contributed by atoms with Crippen LogP contribution in [0.3, 0.4) is 0 Å². The van der Waals surface area contributed by atoms with E-state index in [9.17, 15) is 4.79 Å². The molecule has 2 aromatic heterocycles. The van der Waals surface area contributed by atoms with E-state index in [-0.39, 0.29) is 5.78 Å². The second-order valence-corrected chi connectivity index (χ2v) is 4.73. The quantitative estimate of drug-likeness (QED) is 0.780. The molecule has 20 heavy (non-hydrogen) atoms. The molecule has 1 saturated carbocycles. The van der Waals surface area contributed by atoms with Gasteiger partial charge in [0.15, 0.2) is 5.78 Å². The van der Waals surface area contributed by atoms with Crippen LogP contribution in [0.25, 0.3) is 12.2 Å². The molecule has 2 aromatic rings. The number of ketones is 1. The van der Waals surface area contributed by atoms with Crippen LogP contribution in [0.1, 0.15) is 24.0 Å². The fraction of sp³-hybridized carbons (Fsp3) is 0.118. The molecule has 0 atom stereocenters. The van der Waals surface area contributed by atoms with Crippen LogP contribution in [0.15, 0.2) is 60.2 Å². The van der Waals surface area contributed by atoms with Gasteiger partial charge >= 0.3 is 0 Å². The number of pyridine rings is 2. The molecule has 0 bridgehead atoms. The Kier molecular flexibility index (Phi) is 3.50. The lowest BCUT2D eigenvalue weighted by Crippen LogP contribution is -1.95. The highest BCUT2D eigenvalue weighted by atomic mass is 16.1. The van der Waals surface area contributed by atoms with E-state index in [0.717, 1.165) is 35.1 Å². The molecule has 3 rings (SSSR count). The van der Waals surface area contributed by atoms with Gasteiger partial charge in [0.2, 0.25) is 0 Å². The number of hydrogen-bond donors (Lipinski definition) is 0. The first kappa shape index (κ1) is 12.5. The molecule has 1 aliphatic rings. The fourth-order valence-corrected chi connectivity index (χ4v) is 2.30. The zero-order valence-electron chi connectivity index (χ0n) is 11.0. The van der Waals surface area contributed by atoms with Crippen molar-refractivity contribution >= 4 is 17.9 Å². The second-order valence-electron chi connectivity index (χ2n) is 4.73. The van der Waals surface area contributed by atoms with Crippen molar-refractivity contribution in [2.24, 2.45) is 0 Å². The minimum atomic E-state index is 0.152. The van der Waals surface area contributed by atoms with Crippen molar-refractivity contribution in [3.8, 4) is 0 Å². The lowest BCUT2D eigenvalue weighted by molar-refractivity contribution is -0.111. The highest BCUT2D eigenvalue weighted by molar-refractivity contribution is 6.15. The summed E-state index contributed by atoms with van der Waals surface area (Å²) in [4.78, 5) is 20.3. The van der Waals surface area contributed by atoms with E-state index in [4.69, 9.17) is 0 Å². The zero-order chi connectivity index (χ0) is 13.8. The highest BCUT2D eigenvalue weighted by Crippen LogP contribution is 2.29. The van der Waals surface area contributed by atoms with Gasteiger partial charge in [0, 0.05) is 35.9 Å². The average molecular weight is 262 g/mol. The third-order valence-electron chi connectivity index (χ3n) is 3.34. The monoisotopic (exact) mass is 262 g/mol. The van der Waals surface area contributed by atoms with E-state index in [0.29, 0.717) is 0 Å². The van der Waals surface area contributed by atoms with Gasteiger partial charge < -0.3 is 0 Å². The summed E-state index contributed by atoms with van der Waals surface area (Å²) in [6.07, 6.45) is 12.5. The van der Waals surface area contributed by atoms with Gasteiger partial charge in [-0.15, -0.1) is 0 Å². The summed E-state index contributed by atoms with van der Waals surface area (Å²) < 4.78 is 0. The Morgan fingerprint density at radius 2 is 1.15 bits per heavy atom. The summed E-state index contributed by atoms with van der Waals surface area (Å²) in [5.74, 6) is 0.152. The molecular formula is C17H14N2O. The normalized spacial score (nSPS) is 18.9. The third kappa shape index (κ3) is 2.72. The molecule has 0 unspecified atom stereocenters. The van der Waals surface area contributed by atoms with Crippen molar-refractivity contribution in [3.63, 3.8) is 0 Å². The van der Waals surface area contributed by atoms with Gasteiger partial charge in [0.25, 0.3) is 0 Å². The van der Waals surface area contributed by atoms with Gasteiger partial charge in [-0.3, -0.25) is 14.8 Å². The molecule has 0 spiro atoms. The van der Waals surface area contributed by atoms with Crippen molar-refractivity contribution < 1.29 is 4.79 Å². The number of rotatable bonds is 2. The predicted octanol–water partition coefficient (Wildman–Crippen LogP) is 3.31. The van der Waals surface area contributed by atoms with Gasteiger partial charge in [0.1, 0.15) is 0 Å². The molecule has 0 aromatic carbocycles. The van der Waals surface area contributed by atoms with Crippen molar-refractivity contribution in [2.75, 3.05) is 0 Å². The number of aromatic nitrogens is 2. The summed E-state index contributed by atoms with van der Waals surface area (Å²) in [7, 11) is 0. The smallest absolute Gasteiger partial charge is 0.185 e. The Morgan fingerprint density at radius 1 is 0.750 bits per heavy atom. The largest absolute Gasteiger partial charge is 0.289 e. The maximum absolute atomic E-state index is 12.3. The molecule has 2 heterocycles. The Hall–Kier alpha value is -2.55. The van der Waals surface area contributed by atoms with Crippen LogP contribution in [-0.2, 0) is 4.79 Å². The first-order valence-electron chi connectivity index (χ1n) is 6.59. The Balaban J connectivity index is 1.85. The summed E-state index contributed by atoms with van der Waals surface area (Å²) in [6.45, 7) is 0. The van der Waals surface area contributed by atoms with E-state index >= 15 is 0 Å². The van der Waals surface area contributed by atoms with Gasteiger partial charge in [0.05, 0.1) is 0 Å². The van der Waals surface area contributed by atoms with Crippen LogP contribution in [0.2, 0.25) is 0 Å². The zero-order valence-corrected chi connectivity index (χ0v) is 11.0. The standard InChI is InChI=1S/C17H14N2O/c20-17-15(11-13-3-7-18-8-4-13)1-2-16(17)12-14-5-9-19-10-6-14/h3-12H,1-2H2/b15-11+,16-12+. The number of hydrogen-bond acceptors (Lipinski definition) is 3. The minimum Gasteiger partial charge on any atom is -0.289 e. The van der Waals surface area contributed by atoms with Crippen molar-refractivity contribution in [2.45, 2.75) is 12.8 Å². The third-order valence-corrected chi connectivity index (χ3v) is 3.34. The molecule has 0 aliphatic heterocycles. The van der Waals surface area contributed by atoms with Crippen LogP contribution < -0.4 is 0 Å². The van der Waals surface area contributed by atoms with Gasteiger partial charge in [-0.2, -0.15) is 0 Å². The van der Waals surface area contributed by atoms with Crippen LogP contribution >= 0.6 is 0 Å². The summed E-state index contributed by atoms with van der Waals surface area (Å²) in [6, 6.07) is 7.63. The number of Topliss-reactive ketones (excluding diaryl/α,β-unsaturated/α-hetero) is 1. The summed E-state index contributed by atoms with van der Waals surface area (Å²) in [5.41, 5.74) is 3.79. The number of carbonyl (C=O) groups excluding carboxylic acids is 1. The maximum Gasteiger partial charge on any atom is 0.185 e. The molecule has 1 fully saturated rings. The molecule has 0 radical (unpaired) electrons. The molecule has 98 valence electrons. The lowest BCUT2D eigenvalue weighted by Gasteiger charge is -1.97. The number of allylic oxidation sites excluding steroid dienone is 2. The van der Waals surface area contributed by atoms with E-state index in [1.165, 1.54) is 0 Å². The average Bonchev–Trinajstić information content (AvgIpc) is 2.83. The Labute approximate surface area is 117 Å². The summed E-state index contributed by atoms with van der Waals surface area (Å²) in [5, 5.41) is 0. The van der Waals surface area contributed by atoms with Gasteiger partial charge in [-0.25, -0.2) is 0 Å².